The van der Waals surface area contributed by atoms with Crippen molar-refractivity contribution in [2.45, 2.75) is 78.4 Å². The summed E-state index contributed by atoms with van der Waals surface area (Å²) in [6.07, 6.45) is 5.40. The summed E-state index contributed by atoms with van der Waals surface area (Å²) in [5.41, 5.74) is 0. The lowest BCUT2D eigenvalue weighted by atomic mass is 9.88. The van der Waals surface area contributed by atoms with Gasteiger partial charge in [-0.15, -0.1) is 0 Å². The zero-order valence-electron chi connectivity index (χ0n) is 14.4. The first kappa shape index (κ1) is 25.1. The van der Waals surface area contributed by atoms with E-state index in [0.717, 1.165) is 25.7 Å². The largest absolute Gasteiger partial charge is 0.481 e. The van der Waals surface area contributed by atoms with Crippen LogP contribution in [0, 0.1) is 11.8 Å². The highest BCUT2D eigenvalue weighted by atomic mass is 31.2. The standard InChI is InChI=1S/C16H28NO6P.2CH4/c1-17-24(2,22-13-7-3-11(4-8-13)15(18)19)23-14-9-5-12(6-10-14)16(20)21;;/h11-14H,3-10H2,1-2H3,(H,18,19)(H,20,21);2*1H4. The highest BCUT2D eigenvalue weighted by molar-refractivity contribution is 7.55. The fourth-order valence-corrected chi connectivity index (χ4v) is 5.27. The number of rotatable bonds is 6. The van der Waals surface area contributed by atoms with E-state index in [2.05, 4.69) is 4.74 Å². The van der Waals surface area contributed by atoms with Gasteiger partial charge in [-0.1, -0.05) is 14.9 Å². The second-order valence-electron chi connectivity index (χ2n) is 6.84. The van der Waals surface area contributed by atoms with Gasteiger partial charge in [0.2, 0.25) is 7.51 Å². The van der Waals surface area contributed by atoms with Gasteiger partial charge in [-0.05, 0) is 51.4 Å². The first-order valence-electron chi connectivity index (χ1n) is 8.63. The van der Waals surface area contributed by atoms with Crippen molar-refractivity contribution >= 4 is 19.4 Å². The fourth-order valence-electron chi connectivity index (χ4n) is 3.50. The number of carboxylic acids is 2. The van der Waals surface area contributed by atoms with E-state index in [4.69, 9.17) is 19.3 Å². The van der Waals surface area contributed by atoms with E-state index in [1.54, 1.807) is 7.05 Å². The molecule has 0 aliphatic heterocycles. The van der Waals surface area contributed by atoms with Crippen LogP contribution in [0.15, 0.2) is 4.74 Å². The van der Waals surface area contributed by atoms with Crippen LogP contribution in [-0.2, 0) is 18.6 Å². The van der Waals surface area contributed by atoms with E-state index in [0.29, 0.717) is 25.7 Å². The summed E-state index contributed by atoms with van der Waals surface area (Å²) < 4.78 is 16.6. The molecule has 0 unspecified atom stereocenters. The van der Waals surface area contributed by atoms with E-state index in [1.165, 1.54) is 0 Å². The molecule has 0 spiro atoms. The van der Waals surface area contributed by atoms with Crippen LogP contribution in [0.4, 0.5) is 0 Å². The second-order valence-corrected chi connectivity index (χ2v) is 9.27. The highest BCUT2D eigenvalue weighted by Crippen LogP contribution is 2.53. The van der Waals surface area contributed by atoms with Gasteiger partial charge in [-0.2, -0.15) is 0 Å². The van der Waals surface area contributed by atoms with Gasteiger partial charge in [0.25, 0.3) is 0 Å². The molecule has 0 radical (unpaired) electrons. The molecule has 2 aliphatic rings. The summed E-state index contributed by atoms with van der Waals surface area (Å²) in [6, 6.07) is 0. The minimum Gasteiger partial charge on any atom is -0.481 e. The molecule has 0 saturated heterocycles. The number of hydrogen-bond donors (Lipinski definition) is 2. The molecule has 0 heterocycles. The molecule has 0 bridgehead atoms. The Morgan fingerprint density at radius 1 is 0.808 bits per heavy atom. The smallest absolute Gasteiger partial charge is 0.306 e. The topological polar surface area (TPSA) is 105 Å². The lowest BCUT2D eigenvalue weighted by molar-refractivity contribution is -0.144. The summed E-state index contributed by atoms with van der Waals surface area (Å²) in [4.78, 5) is 22.0. The maximum Gasteiger partial charge on any atom is 0.306 e. The van der Waals surface area contributed by atoms with E-state index in [9.17, 15) is 9.59 Å². The van der Waals surface area contributed by atoms with Gasteiger partial charge in [0, 0.05) is 13.7 Å². The summed E-state index contributed by atoms with van der Waals surface area (Å²) in [7, 11) is -0.650. The number of nitrogens with zero attached hydrogens (tertiary/aromatic N) is 1. The van der Waals surface area contributed by atoms with E-state index < -0.39 is 19.4 Å². The normalized spacial score (nSPS) is 30.8. The Balaban J connectivity index is 0.00000312. The molecule has 0 aromatic rings. The molecule has 0 amide bonds. The molecule has 154 valence electrons. The molecule has 26 heavy (non-hydrogen) atoms. The molecule has 7 nitrogen and oxygen atoms in total. The third-order valence-corrected chi connectivity index (χ3v) is 7.20. The van der Waals surface area contributed by atoms with Gasteiger partial charge in [0.1, 0.15) is 0 Å². The molecule has 2 saturated carbocycles. The number of hydrogen-bond acceptors (Lipinski definition) is 5. The lowest BCUT2D eigenvalue weighted by Gasteiger charge is -2.34. The Hall–Kier alpha value is -0.910. The van der Waals surface area contributed by atoms with Crippen LogP contribution in [0.5, 0.6) is 0 Å². The maximum absolute atomic E-state index is 11.0. The van der Waals surface area contributed by atoms with Crippen molar-refractivity contribution in [3.05, 3.63) is 0 Å². The third-order valence-electron chi connectivity index (χ3n) is 5.10. The van der Waals surface area contributed by atoms with Crippen molar-refractivity contribution in [2.24, 2.45) is 16.6 Å². The predicted molar refractivity (Wildman–Crippen MR) is 104 cm³/mol. The minimum absolute atomic E-state index is 0. The quantitative estimate of drug-likeness (QED) is 0.624. The van der Waals surface area contributed by atoms with Crippen LogP contribution in [0.1, 0.15) is 66.2 Å². The van der Waals surface area contributed by atoms with Gasteiger partial charge in [0.05, 0.1) is 24.0 Å². The van der Waals surface area contributed by atoms with Crippen LogP contribution in [0.2, 0.25) is 0 Å². The first-order chi connectivity index (χ1) is 11.3. The molecule has 0 aromatic carbocycles. The Bertz CT molecular complexity index is 468. The van der Waals surface area contributed by atoms with Gasteiger partial charge >= 0.3 is 11.9 Å². The van der Waals surface area contributed by atoms with Gasteiger partial charge in [0.15, 0.2) is 0 Å². The molecule has 2 aliphatic carbocycles. The Labute approximate surface area is 157 Å². The molecule has 2 fully saturated rings. The highest BCUT2D eigenvalue weighted by Gasteiger charge is 2.33. The van der Waals surface area contributed by atoms with Crippen LogP contribution in [0.3, 0.4) is 0 Å². The lowest BCUT2D eigenvalue weighted by Crippen LogP contribution is -2.28. The van der Waals surface area contributed by atoms with Crippen LogP contribution < -0.4 is 0 Å². The van der Waals surface area contributed by atoms with Crippen LogP contribution in [0.25, 0.3) is 0 Å². The van der Waals surface area contributed by atoms with Crippen molar-refractivity contribution < 1.29 is 28.8 Å². The molecule has 2 N–H and O–H groups in total. The SMILES string of the molecule is C.C.CN=P(C)(OC1CCC(C(=O)O)CC1)OC1CCC(C(=O)O)CC1. The van der Waals surface area contributed by atoms with Gasteiger partial charge < -0.3 is 19.3 Å². The van der Waals surface area contributed by atoms with Gasteiger partial charge in [-0.3, -0.25) is 14.3 Å². The molecular weight excluding hydrogens is 357 g/mol. The van der Waals surface area contributed by atoms with E-state index in [1.807, 2.05) is 6.66 Å². The zero-order valence-corrected chi connectivity index (χ0v) is 15.3. The predicted octanol–water partition coefficient (Wildman–Crippen LogP) is 4.87. The summed E-state index contributed by atoms with van der Waals surface area (Å²) >= 11 is 0. The number of aliphatic carboxylic acids is 2. The van der Waals surface area contributed by atoms with Crippen LogP contribution in [-0.4, -0.2) is 48.1 Å². The van der Waals surface area contributed by atoms with Crippen molar-refractivity contribution in [1.29, 1.82) is 0 Å². The maximum atomic E-state index is 11.0. The Morgan fingerprint density at radius 2 is 1.12 bits per heavy atom. The van der Waals surface area contributed by atoms with Gasteiger partial charge in [-0.25, -0.2) is 0 Å². The average Bonchev–Trinajstić information content (AvgIpc) is 2.55. The molecule has 2 rings (SSSR count). The first-order valence-corrected chi connectivity index (χ1v) is 10.7. The van der Waals surface area contributed by atoms with Crippen molar-refractivity contribution in [2.75, 3.05) is 13.7 Å². The monoisotopic (exact) mass is 393 g/mol. The van der Waals surface area contributed by atoms with E-state index >= 15 is 0 Å². The molecule has 0 aromatic heterocycles. The van der Waals surface area contributed by atoms with Crippen molar-refractivity contribution in [3.63, 3.8) is 0 Å². The number of carboxylic acid groups (broad SMARTS) is 2. The van der Waals surface area contributed by atoms with Crippen LogP contribution >= 0.6 is 7.51 Å². The summed E-state index contributed by atoms with van der Waals surface area (Å²) in [6.45, 7) is 1.89. The number of carbonyl (C=O) groups is 2. The van der Waals surface area contributed by atoms with Crippen molar-refractivity contribution in [1.82, 2.24) is 0 Å². The average molecular weight is 393 g/mol. The summed E-state index contributed by atoms with van der Waals surface area (Å²) in [5, 5.41) is 18.1. The molecule has 8 heteroatoms. The van der Waals surface area contributed by atoms with E-state index in [-0.39, 0.29) is 38.9 Å². The zero-order chi connectivity index (χ0) is 17.7. The Morgan fingerprint density at radius 3 is 1.35 bits per heavy atom. The third kappa shape index (κ3) is 7.01. The molecular formula is C18H36NO6P. The molecule has 0 atom stereocenters. The minimum atomic E-state index is -2.34. The van der Waals surface area contributed by atoms with Crippen molar-refractivity contribution in [3.8, 4) is 0 Å². The summed E-state index contributed by atoms with van der Waals surface area (Å²) in [5.74, 6) is -1.98. The second kappa shape index (κ2) is 11.1. The fraction of sp³-hybridized carbons (Fsp3) is 0.889. The Kier molecular flexibility index (Phi) is 10.7.